The second kappa shape index (κ2) is 9.15. The maximum atomic E-state index is 13.5. The average molecular weight is 467 g/mol. The lowest BCUT2D eigenvalue weighted by Gasteiger charge is -2.25. The third-order valence-corrected chi connectivity index (χ3v) is 6.14. The number of methoxy groups -OCH3 is 1. The summed E-state index contributed by atoms with van der Waals surface area (Å²) in [5.74, 6) is -0.269. The van der Waals surface area contributed by atoms with Crippen LogP contribution in [0.4, 0.5) is 4.39 Å². The lowest BCUT2D eigenvalue weighted by molar-refractivity contribution is -0.143. The predicted molar refractivity (Wildman–Crippen MR) is 124 cm³/mol. The van der Waals surface area contributed by atoms with E-state index in [0.717, 1.165) is 0 Å². The molecule has 1 aliphatic heterocycles. The zero-order chi connectivity index (χ0) is 23.7. The van der Waals surface area contributed by atoms with Gasteiger partial charge in [-0.3, -0.25) is 9.36 Å². The summed E-state index contributed by atoms with van der Waals surface area (Å²) in [6, 6.07) is 12.4. The molecule has 6 nitrogen and oxygen atoms in total. The van der Waals surface area contributed by atoms with Gasteiger partial charge in [0.15, 0.2) is 4.80 Å². The number of benzene rings is 2. The number of carbonyl (C=O) groups excluding carboxylic acids is 1. The topological polar surface area (TPSA) is 69.9 Å². The molecule has 0 amide bonds. The fourth-order valence-corrected chi connectivity index (χ4v) is 4.74. The second-order valence-electron chi connectivity index (χ2n) is 7.86. The number of allylic oxidation sites excluding steroid dienone is 1. The maximum absolute atomic E-state index is 13.5. The Balaban J connectivity index is 1.95. The summed E-state index contributed by atoms with van der Waals surface area (Å²) < 4.78 is 26.1. The van der Waals surface area contributed by atoms with Gasteiger partial charge in [-0.2, -0.15) is 0 Å². The number of carbonyl (C=O) groups is 1. The number of rotatable bonds is 5. The van der Waals surface area contributed by atoms with Crippen molar-refractivity contribution in [3.05, 3.63) is 96.4 Å². The molecule has 0 N–H and O–H groups in total. The Bertz CT molecular complexity index is 1420. The molecule has 0 spiro atoms. The molecule has 0 radical (unpaired) electrons. The minimum absolute atomic E-state index is 0.293. The van der Waals surface area contributed by atoms with Gasteiger partial charge in [0.1, 0.15) is 11.6 Å². The normalized spacial score (nSPS) is 15.9. The van der Waals surface area contributed by atoms with Crippen LogP contribution >= 0.6 is 11.3 Å². The fourth-order valence-electron chi connectivity index (χ4n) is 3.70. The van der Waals surface area contributed by atoms with E-state index in [4.69, 9.17) is 9.47 Å². The van der Waals surface area contributed by atoms with E-state index in [9.17, 15) is 14.0 Å². The van der Waals surface area contributed by atoms with E-state index in [2.05, 4.69) is 4.99 Å². The molecule has 8 heteroatoms. The number of esters is 1. The van der Waals surface area contributed by atoms with Gasteiger partial charge in [0, 0.05) is 0 Å². The molecule has 1 aromatic heterocycles. The van der Waals surface area contributed by atoms with Gasteiger partial charge in [-0.05, 0) is 62.2 Å². The highest BCUT2D eigenvalue weighted by Crippen LogP contribution is 2.32. The van der Waals surface area contributed by atoms with Gasteiger partial charge >= 0.3 is 5.97 Å². The summed E-state index contributed by atoms with van der Waals surface area (Å²) in [7, 11) is 1.56. The minimum atomic E-state index is -0.724. The molecule has 2 aromatic carbocycles. The zero-order valence-electron chi connectivity index (χ0n) is 18.7. The lowest BCUT2D eigenvalue weighted by atomic mass is 9.95. The molecular formula is C25H23FN2O4S. The number of halogens is 1. The summed E-state index contributed by atoms with van der Waals surface area (Å²) in [6.45, 7) is 5.28. The first-order chi connectivity index (χ1) is 15.8. The lowest BCUT2D eigenvalue weighted by Crippen LogP contribution is -2.40. The number of hydrogen-bond acceptors (Lipinski definition) is 6. The number of thiazole rings is 1. The number of ether oxygens (including phenoxy) is 2. The monoisotopic (exact) mass is 466 g/mol. The highest BCUT2D eigenvalue weighted by atomic mass is 32.1. The van der Waals surface area contributed by atoms with Gasteiger partial charge in [-0.1, -0.05) is 35.6 Å². The minimum Gasteiger partial charge on any atom is -0.497 e. The molecule has 1 atom stereocenters. The van der Waals surface area contributed by atoms with E-state index in [0.29, 0.717) is 37.5 Å². The first-order valence-electron chi connectivity index (χ1n) is 10.4. The van der Waals surface area contributed by atoms with Crippen molar-refractivity contribution in [3.8, 4) is 5.75 Å². The van der Waals surface area contributed by atoms with Crippen LogP contribution in [0.5, 0.6) is 5.75 Å². The van der Waals surface area contributed by atoms with Crippen LogP contribution in [0.1, 0.15) is 37.9 Å². The van der Waals surface area contributed by atoms with Crippen LogP contribution in [-0.2, 0) is 9.53 Å². The largest absolute Gasteiger partial charge is 0.497 e. The predicted octanol–water partition coefficient (Wildman–Crippen LogP) is 3.33. The van der Waals surface area contributed by atoms with Crippen molar-refractivity contribution in [3.63, 3.8) is 0 Å². The van der Waals surface area contributed by atoms with Crippen LogP contribution in [-0.4, -0.2) is 23.8 Å². The molecule has 33 heavy (non-hydrogen) atoms. The third kappa shape index (κ3) is 4.52. The van der Waals surface area contributed by atoms with Crippen molar-refractivity contribution in [1.29, 1.82) is 0 Å². The maximum Gasteiger partial charge on any atom is 0.338 e. The number of aromatic nitrogens is 1. The van der Waals surface area contributed by atoms with Crippen LogP contribution in [0.2, 0.25) is 0 Å². The van der Waals surface area contributed by atoms with Gasteiger partial charge < -0.3 is 9.47 Å². The van der Waals surface area contributed by atoms with Crippen molar-refractivity contribution in [2.75, 3.05) is 7.11 Å². The van der Waals surface area contributed by atoms with E-state index in [1.807, 2.05) is 12.1 Å². The number of hydrogen-bond donors (Lipinski definition) is 0. The third-order valence-electron chi connectivity index (χ3n) is 5.16. The Labute approximate surface area is 193 Å². The van der Waals surface area contributed by atoms with Crippen LogP contribution in [0, 0.1) is 5.82 Å². The molecule has 0 aliphatic carbocycles. The molecule has 2 heterocycles. The summed E-state index contributed by atoms with van der Waals surface area (Å²) in [4.78, 5) is 31.6. The standard InChI is InChI=1S/C25H23FN2O4S/c1-14(2)32-24(30)21-15(3)27-25-28(22(21)17-6-5-7-19(13-17)31-4)23(29)20(33-25)12-16-8-10-18(26)11-9-16/h5-14,22H,1-4H3/b20-12+. The molecule has 1 unspecified atom stereocenters. The van der Waals surface area contributed by atoms with Crippen molar-refractivity contribution >= 4 is 23.4 Å². The molecular weight excluding hydrogens is 443 g/mol. The first-order valence-corrected chi connectivity index (χ1v) is 11.2. The van der Waals surface area contributed by atoms with Crippen molar-refractivity contribution in [2.24, 2.45) is 4.99 Å². The van der Waals surface area contributed by atoms with Gasteiger partial charge in [-0.15, -0.1) is 0 Å². The smallest absolute Gasteiger partial charge is 0.338 e. The van der Waals surface area contributed by atoms with E-state index in [1.54, 1.807) is 58.2 Å². The van der Waals surface area contributed by atoms with E-state index in [-0.39, 0.29) is 17.5 Å². The van der Waals surface area contributed by atoms with E-state index in [1.165, 1.54) is 28.0 Å². The second-order valence-corrected chi connectivity index (χ2v) is 8.87. The molecule has 3 aromatic rings. The van der Waals surface area contributed by atoms with E-state index >= 15 is 0 Å². The molecule has 0 saturated carbocycles. The number of fused-ring (bicyclic) bond motifs is 1. The van der Waals surface area contributed by atoms with Crippen LogP contribution < -0.4 is 19.6 Å². The van der Waals surface area contributed by atoms with Crippen molar-refractivity contribution in [2.45, 2.75) is 32.9 Å². The SMILES string of the molecule is COc1cccc(C2C(C(=O)OC(C)C)=C(C)N=c3s/c(=C/c4ccc(F)cc4)c(=O)n32)c1. The summed E-state index contributed by atoms with van der Waals surface area (Å²) in [5.41, 5.74) is 1.89. The molecule has 1 aliphatic rings. The van der Waals surface area contributed by atoms with Crippen molar-refractivity contribution in [1.82, 2.24) is 4.57 Å². The Hall–Kier alpha value is -3.52. The van der Waals surface area contributed by atoms with E-state index < -0.39 is 12.0 Å². The molecule has 0 saturated heterocycles. The fraction of sp³-hybridized carbons (Fsp3) is 0.240. The van der Waals surface area contributed by atoms with Crippen molar-refractivity contribution < 1.29 is 18.7 Å². The van der Waals surface area contributed by atoms with Crippen LogP contribution in [0.3, 0.4) is 0 Å². The first kappa shape index (κ1) is 22.7. The quantitative estimate of drug-likeness (QED) is 0.541. The summed E-state index contributed by atoms with van der Waals surface area (Å²) in [5, 5.41) is 0. The van der Waals surface area contributed by atoms with Gasteiger partial charge in [-0.25, -0.2) is 14.2 Å². The number of nitrogens with zero attached hydrogens (tertiary/aromatic N) is 2. The average Bonchev–Trinajstić information content (AvgIpc) is 3.08. The zero-order valence-corrected chi connectivity index (χ0v) is 19.5. The highest BCUT2D eigenvalue weighted by molar-refractivity contribution is 7.07. The van der Waals surface area contributed by atoms with Crippen LogP contribution in [0.15, 0.2) is 69.6 Å². The molecule has 0 bridgehead atoms. The molecule has 0 fully saturated rings. The Kier molecular flexibility index (Phi) is 6.29. The van der Waals surface area contributed by atoms with Gasteiger partial charge in [0.05, 0.1) is 35.1 Å². The Morgan fingerprint density at radius 3 is 2.61 bits per heavy atom. The Morgan fingerprint density at radius 1 is 1.21 bits per heavy atom. The van der Waals surface area contributed by atoms with Gasteiger partial charge in [0.2, 0.25) is 0 Å². The molecule has 170 valence electrons. The summed E-state index contributed by atoms with van der Waals surface area (Å²) >= 11 is 1.22. The molecule has 4 rings (SSSR count). The Morgan fingerprint density at radius 2 is 1.94 bits per heavy atom. The van der Waals surface area contributed by atoms with Crippen LogP contribution in [0.25, 0.3) is 6.08 Å². The summed E-state index contributed by atoms with van der Waals surface area (Å²) in [6.07, 6.45) is 1.36. The highest BCUT2D eigenvalue weighted by Gasteiger charge is 2.34. The van der Waals surface area contributed by atoms with Gasteiger partial charge in [0.25, 0.3) is 5.56 Å².